The number of aliphatic hydroxyl groups is 11. The zero-order valence-electron chi connectivity index (χ0n) is 15.3. The predicted molar refractivity (Wildman–Crippen MR) is 88.8 cm³/mol. The van der Waals surface area contributed by atoms with Crippen molar-refractivity contribution in [3.63, 3.8) is 0 Å². The van der Waals surface area contributed by atoms with Crippen molar-refractivity contribution in [1.82, 2.24) is 0 Å². The highest BCUT2D eigenvalue weighted by atomic mass is 16.7. The van der Waals surface area contributed by atoms with E-state index < -0.39 is 80.7 Å². The topological polar surface area (TPSA) is 250 Å². The summed E-state index contributed by atoms with van der Waals surface area (Å²) >= 11 is 0. The van der Waals surface area contributed by atoms with Crippen molar-refractivity contribution in [2.24, 2.45) is 0 Å². The average molecular weight is 434 g/mol. The van der Waals surface area contributed by atoms with E-state index >= 15 is 0 Å². The molecule has 2 aliphatic rings. The highest BCUT2D eigenvalue weighted by Gasteiger charge is 2.50. The molecule has 0 bridgehead atoms. The van der Waals surface area contributed by atoms with Gasteiger partial charge in [-0.1, -0.05) is 0 Å². The maximum absolute atomic E-state index is 9.94. The lowest BCUT2D eigenvalue weighted by molar-refractivity contribution is -0.355. The van der Waals surface area contributed by atoms with Gasteiger partial charge in [-0.25, -0.2) is 0 Å². The van der Waals surface area contributed by atoms with Crippen molar-refractivity contribution in [2.45, 2.75) is 67.5 Å². The summed E-state index contributed by atoms with van der Waals surface area (Å²) in [6.07, 6.45) is -16.5. The third-order valence-corrected chi connectivity index (χ3v) is 4.40. The molecule has 0 aromatic carbocycles. The molecule has 2 rings (SSSR count). The Morgan fingerprint density at radius 1 is 0.655 bits per heavy atom. The van der Waals surface area contributed by atoms with Crippen molar-refractivity contribution in [3.8, 4) is 0 Å². The first-order valence-corrected chi connectivity index (χ1v) is 8.79. The largest absolute Gasteiger partial charge is 0.394 e. The molecule has 14 heteroatoms. The molecule has 0 aromatic heterocycles. The number of hydrogen-bond acceptors (Lipinski definition) is 14. The Labute approximate surface area is 165 Å². The monoisotopic (exact) mass is 434 g/mol. The van der Waals surface area contributed by atoms with Gasteiger partial charge in [0.1, 0.15) is 54.9 Å². The highest BCUT2D eigenvalue weighted by Crippen LogP contribution is 2.28. The van der Waals surface area contributed by atoms with Gasteiger partial charge in [0, 0.05) is 0 Å². The second kappa shape index (κ2) is 12.3. The average Bonchev–Trinajstić information content (AvgIpc) is 2.73. The quantitative estimate of drug-likeness (QED) is 0.186. The van der Waals surface area contributed by atoms with Gasteiger partial charge in [-0.15, -0.1) is 0 Å². The van der Waals surface area contributed by atoms with Gasteiger partial charge in [0.15, 0.2) is 12.6 Å². The van der Waals surface area contributed by atoms with Crippen molar-refractivity contribution < 1.29 is 70.4 Å². The van der Waals surface area contributed by atoms with Crippen molar-refractivity contribution in [3.05, 3.63) is 0 Å². The van der Waals surface area contributed by atoms with E-state index in [1.165, 1.54) is 0 Å². The SMILES string of the molecule is OCC(O)CO.OC[C@H]1O[C@@H](O[C@H]2[C@H](O)[C@@H](O)[C@H](O)O[C@@H]2CO)[C@H](O)[C@@H](O)[C@@H]1O. The molecule has 0 saturated carbocycles. The van der Waals surface area contributed by atoms with Crippen LogP contribution in [0.25, 0.3) is 0 Å². The molecule has 11 N–H and O–H groups in total. The van der Waals surface area contributed by atoms with Gasteiger partial charge in [0.25, 0.3) is 0 Å². The van der Waals surface area contributed by atoms with E-state index in [1.54, 1.807) is 0 Å². The Hall–Kier alpha value is -0.560. The number of hydrogen-bond donors (Lipinski definition) is 11. The summed E-state index contributed by atoms with van der Waals surface area (Å²) in [7, 11) is 0. The molecular formula is C15H30O14. The molecule has 2 heterocycles. The molecule has 0 amide bonds. The van der Waals surface area contributed by atoms with Crippen LogP contribution in [0, 0.1) is 0 Å². The third-order valence-electron chi connectivity index (χ3n) is 4.40. The molecule has 29 heavy (non-hydrogen) atoms. The van der Waals surface area contributed by atoms with Crippen molar-refractivity contribution in [2.75, 3.05) is 26.4 Å². The first kappa shape index (κ1) is 26.5. The van der Waals surface area contributed by atoms with E-state index in [1.807, 2.05) is 0 Å². The molecule has 0 aliphatic carbocycles. The number of ether oxygens (including phenoxy) is 3. The van der Waals surface area contributed by atoms with Crippen LogP contribution in [-0.2, 0) is 14.2 Å². The lowest BCUT2D eigenvalue weighted by atomic mass is 9.97. The van der Waals surface area contributed by atoms with E-state index in [4.69, 9.17) is 34.6 Å². The Morgan fingerprint density at radius 2 is 1.21 bits per heavy atom. The molecular weight excluding hydrogens is 404 g/mol. The van der Waals surface area contributed by atoms with Crippen LogP contribution in [-0.4, -0.2) is 150 Å². The van der Waals surface area contributed by atoms with E-state index in [-0.39, 0.29) is 13.2 Å². The van der Waals surface area contributed by atoms with Crippen molar-refractivity contribution in [1.29, 1.82) is 0 Å². The Balaban J connectivity index is 0.000000612. The van der Waals surface area contributed by atoms with Gasteiger partial charge in [-0.3, -0.25) is 0 Å². The van der Waals surface area contributed by atoms with Gasteiger partial charge in [-0.2, -0.15) is 0 Å². The summed E-state index contributed by atoms with van der Waals surface area (Å²) in [5, 5.41) is 101. The van der Waals surface area contributed by atoms with Gasteiger partial charge in [-0.05, 0) is 0 Å². The standard InChI is InChI=1S/C12H22O11.C3H8O3/c13-1-3-5(15)6(16)9(19)12(22-3)23-10-4(2-14)21-11(20)8(18)7(10)17;4-1-3(6)2-5/h3-20H,1-2H2;3-6H,1-2H2/t3-,4-,5-,6+,7-,8-,9-,10-,11-,12+;/m1./s1. The minimum Gasteiger partial charge on any atom is -0.394 e. The lowest BCUT2D eigenvalue weighted by Crippen LogP contribution is -2.64. The summed E-state index contributed by atoms with van der Waals surface area (Å²) in [5.41, 5.74) is 0. The molecule has 0 radical (unpaired) electrons. The van der Waals surface area contributed by atoms with E-state index in [2.05, 4.69) is 0 Å². The van der Waals surface area contributed by atoms with Crippen LogP contribution >= 0.6 is 0 Å². The maximum Gasteiger partial charge on any atom is 0.187 e. The summed E-state index contributed by atoms with van der Waals surface area (Å²) in [6.45, 7) is -2.07. The van der Waals surface area contributed by atoms with Crippen LogP contribution in [0.3, 0.4) is 0 Å². The Bertz CT molecular complexity index is 447. The molecule has 10 atom stereocenters. The third kappa shape index (κ3) is 6.71. The van der Waals surface area contributed by atoms with Crippen LogP contribution in [0.5, 0.6) is 0 Å². The second-order valence-corrected chi connectivity index (χ2v) is 6.55. The van der Waals surface area contributed by atoms with Crippen LogP contribution in [0.2, 0.25) is 0 Å². The van der Waals surface area contributed by atoms with Gasteiger partial charge < -0.3 is 70.4 Å². The Kier molecular flexibility index (Phi) is 11.3. The molecule has 0 spiro atoms. The van der Waals surface area contributed by atoms with Gasteiger partial charge in [0.05, 0.1) is 26.4 Å². The normalized spacial score (nSPS) is 43.0. The minimum atomic E-state index is -1.74. The molecule has 2 saturated heterocycles. The molecule has 14 nitrogen and oxygen atoms in total. The van der Waals surface area contributed by atoms with E-state index in [0.29, 0.717) is 0 Å². The van der Waals surface area contributed by atoms with Crippen LogP contribution in [0.4, 0.5) is 0 Å². The summed E-state index contributed by atoms with van der Waals surface area (Å²) in [6, 6.07) is 0. The second-order valence-electron chi connectivity index (χ2n) is 6.55. The zero-order chi connectivity index (χ0) is 22.3. The first-order valence-electron chi connectivity index (χ1n) is 8.79. The fourth-order valence-electron chi connectivity index (χ4n) is 2.63. The fraction of sp³-hybridized carbons (Fsp3) is 1.00. The lowest BCUT2D eigenvalue weighted by Gasteiger charge is -2.45. The van der Waals surface area contributed by atoms with Gasteiger partial charge >= 0.3 is 0 Å². The number of rotatable bonds is 6. The number of aliphatic hydroxyl groups excluding tert-OH is 11. The maximum atomic E-state index is 9.94. The van der Waals surface area contributed by atoms with Crippen molar-refractivity contribution >= 4 is 0 Å². The summed E-state index contributed by atoms with van der Waals surface area (Å²) in [5.74, 6) is 0. The molecule has 174 valence electrons. The smallest absolute Gasteiger partial charge is 0.187 e. The first-order chi connectivity index (χ1) is 13.6. The molecule has 2 aliphatic heterocycles. The summed E-state index contributed by atoms with van der Waals surface area (Å²) < 4.78 is 15.3. The fourth-order valence-corrected chi connectivity index (χ4v) is 2.63. The molecule has 0 aromatic rings. The summed E-state index contributed by atoms with van der Waals surface area (Å²) in [4.78, 5) is 0. The van der Waals surface area contributed by atoms with E-state index in [0.717, 1.165) is 0 Å². The highest BCUT2D eigenvalue weighted by molar-refractivity contribution is 4.93. The predicted octanol–water partition coefficient (Wildman–Crippen LogP) is -7.07. The van der Waals surface area contributed by atoms with Gasteiger partial charge in [0.2, 0.25) is 0 Å². The van der Waals surface area contributed by atoms with Crippen LogP contribution in [0.1, 0.15) is 0 Å². The Morgan fingerprint density at radius 3 is 1.66 bits per heavy atom. The van der Waals surface area contributed by atoms with Crippen LogP contribution < -0.4 is 0 Å². The zero-order valence-corrected chi connectivity index (χ0v) is 15.3. The molecule has 0 unspecified atom stereocenters. The molecule has 2 fully saturated rings. The minimum absolute atomic E-state index is 0.365. The van der Waals surface area contributed by atoms with Crippen LogP contribution in [0.15, 0.2) is 0 Å². The van der Waals surface area contributed by atoms with E-state index in [9.17, 15) is 35.7 Å².